The fourth-order valence-electron chi connectivity index (χ4n) is 3.67. The molecule has 1 heterocycles. The molecule has 0 saturated heterocycles. The van der Waals surface area contributed by atoms with Crippen LogP contribution in [0.25, 0.3) is 10.9 Å². The zero-order valence-corrected chi connectivity index (χ0v) is 14.5. The highest BCUT2D eigenvalue weighted by molar-refractivity contribution is 5.80. The number of fused-ring (bicyclic) bond motifs is 1. The molecule has 0 spiro atoms. The van der Waals surface area contributed by atoms with Crippen molar-refractivity contribution in [2.24, 2.45) is 0 Å². The second-order valence-corrected chi connectivity index (χ2v) is 7.46. The van der Waals surface area contributed by atoms with E-state index < -0.39 is 17.7 Å². The second-order valence-electron chi connectivity index (χ2n) is 7.46. The molecule has 0 amide bonds. The first-order chi connectivity index (χ1) is 11.8. The van der Waals surface area contributed by atoms with Crippen LogP contribution in [0.5, 0.6) is 0 Å². The highest BCUT2D eigenvalue weighted by atomic mass is 19.1. The van der Waals surface area contributed by atoms with Crippen molar-refractivity contribution in [2.45, 2.75) is 37.7 Å². The van der Waals surface area contributed by atoms with Crippen molar-refractivity contribution < 1.29 is 13.9 Å². The Bertz CT molecular complexity index is 838. The molecule has 2 N–H and O–H groups in total. The molecular formula is C21H23F2NO. The minimum absolute atomic E-state index is 0.118. The first-order valence-corrected chi connectivity index (χ1v) is 8.43. The van der Waals surface area contributed by atoms with Gasteiger partial charge in [-0.05, 0) is 41.0 Å². The zero-order chi connectivity index (χ0) is 18.1. The summed E-state index contributed by atoms with van der Waals surface area (Å²) in [7, 11) is 0. The summed E-state index contributed by atoms with van der Waals surface area (Å²) in [6.07, 6.45) is 0.267. The van der Waals surface area contributed by atoms with Crippen LogP contribution >= 0.6 is 0 Å². The van der Waals surface area contributed by atoms with E-state index in [1.165, 1.54) is 6.07 Å². The van der Waals surface area contributed by atoms with Crippen molar-refractivity contribution in [3.05, 3.63) is 71.7 Å². The summed E-state index contributed by atoms with van der Waals surface area (Å²) in [6, 6.07) is 16.1. The van der Waals surface area contributed by atoms with Crippen molar-refractivity contribution in [3.63, 3.8) is 0 Å². The maximum Gasteiger partial charge on any atom is 0.126 e. The molecule has 2 nitrogen and oxygen atoms in total. The minimum Gasteiger partial charge on any atom is -0.387 e. The lowest BCUT2D eigenvalue weighted by Crippen LogP contribution is -2.41. The molecule has 3 aromatic rings. The van der Waals surface area contributed by atoms with Gasteiger partial charge in [0.2, 0.25) is 0 Å². The Balaban J connectivity index is 1.85. The SMILES string of the molecule is CC(C)(CC(O)(CF)Cc1cc2ccccc2[nH]1)c1ccccc1F. The van der Waals surface area contributed by atoms with Crippen LogP contribution in [0.2, 0.25) is 0 Å². The maximum absolute atomic E-state index is 14.1. The highest BCUT2D eigenvalue weighted by Crippen LogP contribution is 2.36. The van der Waals surface area contributed by atoms with Gasteiger partial charge in [-0.3, -0.25) is 0 Å². The number of alkyl halides is 1. The summed E-state index contributed by atoms with van der Waals surface area (Å²) in [5.74, 6) is -0.334. The van der Waals surface area contributed by atoms with Crippen LogP contribution in [-0.2, 0) is 11.8 Å². The molecule has 0 aliphatic heterocycles. The van der Waals surface area contributed by atoms with Gasteiger partial charge in [-0.25, -0.2) is 8.78 Å². The number of aromatic nitrogens is 1. The molecule has 0 fully saturated rings. The predicted octanol–water partition coefficient (Wildman–Crippen LogP) is 4.92. The molecule has 1 atom stereocenters. The lowest BCUT2D eigenvalue weighted by molar-refractivity contribution is -0.00960. The van der Waals surface area contributed by atoms with E-state index in [4.69, 9.17) is 0 Å². The van der Waals surface area contributed by atoms with Gasteiger partial charge >= 0.3 is 0 Å². The smallest absolute Gasteiger partial charge is 0.126 e. The Morgan fingerprint density at radius 2 is 1.72 bits per heavy atom. The summed E-state index contributed by atoms with van der Waals surface area (Å²) < 4.78 is 27.9. The van der Waals surface area contributed by atoms with Gasteiger partial charge < -0.3 is 10.1 Å². The van der Waals surface area contributed by atoms with Crippen LogP contribution in [0, 0.1) is 5.82 Å². The maximum atomic E-state index is 14.1. The van der Waals surface area contributed by atoms with E-state index >= 15 is 0 Å². The van der Waals surface area contributed by atoms with Crippen LogP contribution in [-0.4, -0.2) is 22.4 Å². The van der Waals surface area contributed by atoms with Crippen LogP contribution in [0.1, 0.15) is 31.5 Å². The van der Waals surface area contributed by atoms with Crippen molar-refractivity contribution in [3.8, 4) is 0 Å². The van der Waals surface area contributed by atoms with Crippen LogP contribution in [0.3, 0.4) is 0 Å². The number of hydrogen-bond donors (Lipinski definition) is 2. The van der Waals surface area contributed by atoms with E-state index in [9.17, 15) is 13.9 Å². The first-order valence-electron chi connectivity index (χ1n) is 8.43. The Labute approximate surface area is 146 Å². The molecular weight excluding hydrogens is 320 g/mol. The number of rotatable bonds is 6. The molecule has 0 bridgehead atoms. The first kappa shape index (κ1) is 17.6. The number of aromatic amines is 1. The fraction of sp³-hybridized carbons (Fsp3) is 0.333. The zero-order valence-electron chi connectivity index (χ0n) is 14.5. The number of para-hydroxylation sites is 1. The third kappa shape index (κ3) is 3.74. The van der Waals surface area contributed by atoms with Crippen molar-refractivity contribution in [2.75, 3.05) is 6.67 Å². The van der Waals surface area contributed by atoms with Gasteiger partial charge in [0.05, 0.1) is 5.60 Å². The minimum atomic E-state index is -1.56. The molecule has 3 rings (SSSR count). The number of halogens is 2. The van der Waals surface area contributed by atoms with Gasteiger partial charge in [-0.2, -0.15) is 0 Å². The molecule has 1 unspecified atom stereocenters. The number of hydrogen-bond acceptors (Lipinski definition) is 1. The van der Waals surface area contributed by atoms with E-state index in [0.717, 1.165) is 16.6 Å². The molecule has 2 aromatic carbocycles. The summed E-state index contributed by atoms with van der Waals surface area (Å²) in [6.45, 7) is 2.77. The van der Waals surface area contributed by atoms with Gasteiger partial charge in [0, 0.05) is 17.6 Å². The van der Waals surface area contributed by atoms with Crippen LogP contribution in [0.15, 0.2) is 54.6 Å². The van der Waals surface area contributed by atoms with Crippen molar-refractivity contribution in [1.82, 2.24) is 4.98 Å². The van der Waals surface area contributed by atoms with Crippen molar-refractivity contribution in [1.29, 1.82) is 0 Å². The van der Waals surface area contributed by atoms with Gasteiger partial charge in [0.25, 0.3) is 0 Å². The number of H-pyrrole nitrogens is 1. The lowest BCUT2D eigenvalue weighted by Gasteiger charge is -2.35. The third-order valence-corrected chi connectivity index (χ3v) is 4.73. The van der Waals surface area contributed by atoms with Crippen molar-refractivity contribution >= 4 is 10.9 Å². The average Bonchev–Trinajstić information content (AvgIpc) is 2.96. The monoisotopic (exact) mass is 343 g/mol. The van der Waals surface area contributed by atoms with E-state index in [2.05, 4.69) is 4.98 Å². The molecule has 0 aliphatic carbocycles. The van der Waals surface area contributed by atoms with Gasteiger partial charge in [0.15, 0.2) is 0 Å². The quantitative estimate of drug-likeness (QED) is 0.655. The van der Waals surface area contributed by atoms with E-state index in [1.54, 1.807) is 18.2 Å². The largest absolute Gasteiger partial charge is 0.387 e. The van der Waals surface area contributed by atoms with E-state index in [-0.39, 0.29) is 18.7 Å². The van der Waals surface area contributed by atoms with Gasteiger partial charge in [-0.1, -0.05) is 50.2 Å². The van der Waals surface area contributed by atoms with Gasteiger partial charge in [-0.15, -0.1) is 0 Å². The van der Waals surface area contributed by atoms with E-state index in [1.807, 2.05) is 44.2 Å². The molecule has 132 valence electrons. The average molecular weight is 343 g/mol. The number of nitrogens with one attached hydrogen (secondary N) is 1. The third-order valence-electron chi connectivity index (χ3n) is 4.73. The number of aliphatic hydroxyl groups is 1. The molecule has 25 heavy (non-hydrogen) atoms. The standard InChI is InChI=1S/C21H23F2NO/c1-20(2,17-8-4-5-9-18(17)23)13-21(25,14-22)12-16-11-15-7-3-6-10-19(15)24-16/h3-11,24-25H,12-14H2,1-2H3. The summed E-state index contributed by atoms with van der Waals surface area (Å²) in [5.41, 5.74) is -0.0542. The Morgan fingerprint density at radius 3 is 2.40 bits per heavy atom. The Hall–Kier alpha value is -2.20. The number of benzene rings is 2. The molecule has 4 heteroatoms. The normalized spacial score (nSPS) is 14.6. The van der Waals surface area contributed by atoms with E-state index in [0.29, 0.717) is 5.56 Å². The van der Waals surface area contributed by atoms with Crippen LogP contribution in [0.4, 0.5) is 8.78 Å². The summed E-state index contributed by atoms with van der Waals surface area (Å²) in [5, 5.41) is 11.9. The lowest BCUT2D eigenvalue weighted by atomic mass is 9.74. The van der Waals surface area contributed by atoms with Crippen LogP contribution < -0.4 is 0 Å². The van der Waals surface area contributed by atoms with Gasteiger partial charge in [0.1, 0.15) is 12.5 Å². The molecule has 1 aromatic heterocycles. The molecule has 0 radical (unpaired) electrons. The molecule has 0 saturated carbocycles. The fourth-order valence-corrected chi connectivity index (χ4v) is 3.67. The Kier molecular flexibility index (Phi) is 4.65. The predicted molar refractivity (Wildman–Crippen MR) is 97.0 cm³/mol. The molecule has 0 aliphatic rings. The highest BCUT2D eigenvalue weighted by Gasteiger charge is 2.37. The summed E-state index contributed by atoms with van der Waals surface area (Å²) in [4.78, 5) is 3.22. The summed E-state index contributed by atoms with van der Waals surface area (Å²) >= 11 is 0. The second kappa shape index (κ2) is 6.60. The topological polar surface area (TPSA) is 36.0 Å². The Morgan fingerprint density at radius 1 is 1.04 bits per heavy atom.